The molecule has 0 spiro atoms. The molecule has 0 atom stereocenters. The predicted octanol–water partition coefficient (Wildman–Crippen LogP) is 14.9. The van der Waals surface area contributed by atoms with Crippen LogP contribution in [0.15, 0.2) is 206 Å². The molecular weight excluding hydrogens is 793 g/mol. The van der Waals surface area contributed by atoms with Gasteiger partial charge in [-0.05, 0) is 118 Å². The predicted molar refractivity (Wildman–Crippen MR) is 266 cm³/mol. The van der Waals surface area contributed by atoms with E-state index in [1.807, 2.05) is 117 Å². The van der Waals surface area contributed by atoms with Crippen molar-refractivity contribution in [2.24, 2.45) is 5.41 Å². The lowest BCUT2D eigenvalue weighted by Gasteiger charge is -2.18. The summed E-state index contributed by atoms with van der Waals surface area (Å²) in [7, 11) is 0. The molecule has 0 radical (unpaired) electrons. The van der Waals surface area contributed by atoms with Crippen LogP contribution in [-0.4, -0.2) is 14.1 Å². The van der Waals surface area contributed by atoms with Crippen LogP contribution >= 0.6 is 0 Å². The van der Waals surface area contributed by atoms with Crippen LogP contribution in [0, 0.1) is 18.7 Å². The standard InChI is InChI=1S/C60H48N4O/c1-41-17-14-28-55-58(41)63(59-50(44-20-10-6-11-21-44)26-16-27-51(59)45-22-12-7-13-23-45)40-62(55)47-24-15-25-48(37-47)65-49-30-31-52-53-36-46(43-18-8-5-9-19-43)29-32-54(53)64(56(52)38-49)57-35-42(33-34-61-57)39-60(2,3)4/h5-38H,39H2,1-4H3/i6D,7D,10D,11D,12D,13D,20D,21D,22D,23D,39D2. The van der Waals surface area contributed by atoms with E-state index in [2.05, 4.69) is 36.7 Å². The fourth-order valence-electron chi connectivity index (χ4n) is 8.63. The largest absolute Gasteiger partial charge is 0.458 e. The highest BCUT2D eigenvalue weighted by Crippen LogP contribution is 2.39. The highest BCUT2D eigenvalue weighted by atomic mass is 16.5. The second-order valence-electron chi connectivity index (χ2n) is 16.9. The highest BCUT2D eigenvalue weighted by molar-refractivity contribution is 6.10. The van der Waals surface area contributed by atoms with Gasteiger partial charge < -0.3 is 4.74 Å². The Morgan fingerprint density at radius 1 is 0.615 bits per heavy atom. The fourth-order valence-corrected chi connectivity index (χ4v) is 8.63. The fraction of sp³-hybridized carbons (Fsp3) is 0.100. The van der Waals surface area contributed by atoms with Crippen LogP contribution in [0.5, 0.6) is 11.5 Å². The molecule has 0 fully saturated rings. The van der Waals surface area contributed by atoms with Gasteiger partial charge in [0.1, 0.15) is 17.3 Å². The third-order valence-corrected chi connectivity index (χ3v) is 11.3. The van der Waals surface area contributed by atoms with E-state index in [-0.39, 0.29) is 27.9 Å². The average molecular weight is 853 g/mol. The summed E-state index contributed by atoms with van der Waals surface area (Å²) in [6.07, 6.45) is 3.44. The minimum Gasteiger partial charge on any atom is -0.458 e. The van der Waals surface area contributed by atoms with Gasteiger partial charge in [0.05, 0.1) is 47.1 Å². The molecular formula is C60H48N4O. The van der Waals surface area contributed by atoms with E-state index in [1.165, 1.54) is 0 Å². The number of ether oxygens (including phenoxy) is 1. The maximum atomic E-state index is 9.13. The molecule has 0 saturated heterocycles. The molecule has 0 unspecified atom stereocenters. The maximum absolute atomic E-state index is 9.13. The Morgan fingerprint density at radius 2 is 1.32 bits per heavy atom. The zero-order chi connectivity index (χ0) is 54.6. The highest BCUT2D eigenvalue weighted by Gasteiger charge is 2.22. The molecule has 0 aliphatic carbocycles. The molecule has 0 saturated carbocycles. The van der Waals surface area contributed by atoms with Gasteiger partial charge in [-0.1, -0.05) is 160 Å². The Hall–Kier alpha value is -8.02. The van der Waals surface area contributed by atoms with Crippen molar-refractivity contribution < 1.29 is 25.8 Å². The first-order chi connectivity index (χ1) is 36.7. The van der Waals surface area contributed by atoms with E-state index >= 15 is 0 Å². The zero-order valence-electron chi connectivity index (χ0n) is 48.1. The third-order valence-electron chi connectivity index (χ3n) is 11.3. The number of para-hydroxylation sites is 2. The van der Waals surface area contributed by atoms with Crippen LogP contribution in [0.1, 0.15) is 48.3 Å². The molecule has 65 heavy (non-hydrogen) atoms. The van der Waals surface area contributed by atoms with Gasteiger partial charge >= 0.3 is 0 Å². The summed E-state index contributed by atoms with van der Waals surface area (Å²) in [6, 6.07) is 38.3. The van der Waals surface area contributed by atoms with E-state index in [1.54, 1.807) is 39.6 Å². The molecule has 3 aromatic heterocycles. The summed E-state index contributed by atoms with van der Waals surface area (Å²) in [4.78, 5) is 4.82. The first kappa shape index (κ1) is 28.6. The molecule has 0 aliphatic heterocycles. The first-order valence-corrected chi connectivity index (χ1v) is 21.3. The number of benzene rings is 8. The van der Waals surface area contributed by atoms with Crippen molar-refractivity contribution in [1.29, 1.82) is 0 Å². The lowest BCUT2D eigenvalue weighted by atomic mass is 9.88. The van der Waals surface area contributed by atoms with Gasteiger partial charge in [0.2, 0.25) is 0 Å². The van der Waals surface area contributed by atoms with E-state index in [0.717, 1.165) is 38.5 Å². The average Bonchev–Trinajstić information content (AvgIpc) is 4.14. The Labute approximate surface area is 397 Å². The number of nitrogens with zero attached hydrogens (tertiary/aromatic N) is 4. The molecule has 0 N–H and O–H groups in total. The van der Waals surface area contributed by atoms with Gasteiger partial charge in [-0.15, -0.1) is 0 Å². The van der Waals surface area contributed by atoms with Crippen molar-refractivity contribution in [1.82, 2.24) is 14.1 Å². The molecule has 3 heterocycles. The Bertz CT molecular complexity index is 4090. The van der Waals surface area contributed by atoms with Crippen molar-refractivity contribution in [3.8, 4) is 62.1 Å². The molecule has 314 valence electrons. The summed E-state index contributed by atoms with van der Waals surface area (Å²) in [5.41, 5.74) is 6.29. The number of fused-ring (bicyclic) bond motifs is 4. The number of imidazole rings is 1. The Balaban J connectivity index is 1.08. The minimum atomic E-state index is -1.68. The van der Waals surface area contributed by atoms with Crippen molar-refractivity contribution in [3.63, 3.8) is 0 Å². The summed E-state index contributed by atoms with van der Waals surface area (Å²) in [6.45, 7) is 7.53. The third kappa shape index (κ3) is 7.55. The van der Waals surface area contributed by atoms with E-state index in [9.17, 15) is 0 Å². The summed E-state index contributed by atoms with van der Waals surface area (Å²) >= 11 is 0. The monoisotopic (exact) mass is 852 g/mol. The quantitative estimate of drug-likeness (QED) is 0.107. The van der Waals surface area contributed by atoms with Crippen LogP contribution in [0.3, 0.4) is 0 Å². The van der Waals surface area contributed by atoms with Gasteiger partial charge in [-0.2, -0.15) is 0 Å². The molecule has 5 heteroatoms. The Morgan fingerprint density at radius 3 is 2.06 bits per heavy atom. The number of hydrogen-bond donors (Lipinski definition) is 0. The van der Waals surface area contributed by atoms with E-state index in [4.69, 9.17) is 26.2 Å². The second kappa shape index (κ2) is 16.3. The second-order valence-corrected chi connectivity index (χ2v) is 16.9. The minimum absolute atomic E-state index is 0.144. The van der Waals surface area contributed by atoms with Crippen LogP contribution in [0.25, 0.3) is 83.4 Å². The summed E-state index contributed by atoms with van der Waals surface area (Å²) < 4.78 is 118. The smallest absolute Gasteiger partial charge is 0.269 e. The molecule has 8 aromatic carbocycles. The molecule has 0 aliphatic rings. The normalized spacial score (nSPS) is 14.6. The van der Waals surface area contributed by atoms with E-state index in [0.29, 0.717) is 39.6 Å². The number of pyridine rings is 1. The van der Waals surface area contributed by atoms with Crippen molar-refractivity contribution in [2.45, 2.75) is 34.1 Å². The number of aromatic nitrogens is 4. The van der Waals surface area contributed by atoms with Crippen molar-refractivity contribution >= 4 is 32.8 Å². The zero-order valence-corrected chi connectivity index (χ0v) is 36.1. The molecule has 11 aromatic rings. The van der Waals surface area contributed by atoms with Crippen LogP contribution < -0.4 is 9.30 Å². The van der Waals surface area contributed by atoms with Gasteiger partial charge in [0, 0.05) is 25.8 Å². The molecule has 11 rings (SSSR count). The Kier molecular flexibility index (Phi) is 7.17. The SMILES string of the molecule is [2H]c1c([2H])c([2H])c(-c2cccc(-c3c([2H])c([2H])c([2H])c([2H])c3[2H])c2-[n+]2[c-]n(-c3cccc(Oc4ccc5c6cc(-c7ccccc7)ccc6n(-c6cc(C([2H])([2H])C(C)(C)C)ccn6)c5c4)c3)c3cccc(C)c32)c([2H])c1[2H]. The summed E-state index contributed by atoms with van der Waals surface area (Å²) in [5, 5.41) is 1.91. The number of aryl methyl sites for hydroxylation is 1. The lowest BCUT2D eigenvalue weighted by molar-refractivity contribution is -0.571. The number of hydrogen-bond acceptors (Lipinski definition) is 2. The van der Waals surface area contributed by atoms with Crippen molar-refractivity contribution in [3.05, 3.63) is 224 Å². The van der Waals surface area contributed by atoms with E-state index < -0.39 is 72.2 Å². The summed E-state index contributed by atoms with van der Waals surface area (Å²) in [5.74, 6) is 1.51. The van der Waals surface area contributed by atoms with Gasteiger partial charge in [-0.3, -0.25) is 13.7 Å². The van der Waals surface area contributed by atoms with Crippen molar-refractivity contribution in [2.75, 3.05) is 0 Å². The first-order valence-electron chi connectivity index (χ1n) is 27.3. The molecule has 5 nitrogen and oxygen atoms in total. The number of rotatable bonds is 9. The van der Waals surface area contributed by atoms with Crippen LogP contribution in [0.4, 0.5) is 0 Å². The topological polar surface area (TPSA) is 35.9 Å². The van der Waals surface area contributed by atoms with Gasteiger partial charge in [0.25, 0.3) is 6.33 Å². The van der Waals surface area contributed by atoms with Crippen LogP contribution in [0.2, 0.25) is 0 Å². The van der Waals surface area contributed by atoms with Gasteiger partial charge in [0.15, 0.2) is 0 Å². The van der Waals surface area contributed by atoms with Crippen LogP contribution in [-0.2, 0) is 6.37 Å². The maximum Gasteiger partial charge on any atom is 0.269 e. The molecule has 0 bridgehead atoms. The molecule has 0 amide bonds. The van der Waals surface area contributed by atoms with Gasteiger partial charge in [-0.25, -0.2) is 4.98 Å². The lowest BCUT2D eigenvalue weighted by Crippen LogP contribution is -2.32.